The highest BCUT2D eigenvalue weighted by molar-refractivity contribution is 6.06. The van der Waals surface area contributed by atoms with E-state index in [0.717, 1.165) is 31.7 Å². The molecule has 0 bridgehead atoms. The summed E-state index contributed by atoms with van der Waals surface area (Å²) in [6.07, 6.45) is 4.60. The zero-order valence-corrected chi connectivity index (χ0v) is 16.5. The molecule has 0 radical (unpaired) electrons. The number of carboxylic acid groups (broad SMARTS) is 3. The fourth-order valence-electron chi connectivity index (χ4n) is 4.41. The second-order valence-corrected chi connectivity index (χ2v) is 6.94. The second-order valence-electron chi connectivity index (χ2n) is 6.94. The number of benzene rings is 1. The van der Waals surface area contributed by atoms with Gasteiger partial charge in [-0.3, -0.25) is 0 Å². The molecule has 0 amide bonds. The van der Waals surface area contributed by atoms with Crippen LogP contribution in [0.1, 0.15) is 103 Å². The van der Waals surface area contributed by atoms with Gasteiger partial charge in [-0.2, -0.15) is 0 Å². The molecular formula is C21H30O6. The van der Waals surface area contributed by atoms with E-state index >= 15 is 0 Å². The van der Waals surface area contributed by atoms with Crippen LogP contribution in [-0.2, 0) is 5.41 Å². The Kier molecular flexibility index (Phi) is 8.00. The average molecular weight is 378 g/mol. The summed E-state index contributed by atoms with van der Waals surface area (Å²) in [5, 5.41) is 29.1. The van der Waals surface area contributed by atoms with Gasteiger partial charge in [-0.1, -0.05) is 47.0 Å². The molecular weight excluding hydrogens is 348 g/mol. The standard InChI is InChI=1S/C21H30O6/c1-5-9-10-13(6-2)21(7-3,8-4)17-15(19(24)25)12-11-14(18(22)23)16(17)20(26)27/h11-13H,5-10H2,1-4H3,(H,22,23)(H,24,25)(H,26,27). The topological polar surface area (TPSA) is 112 Å². The van der Waals surface area contributed by atoms with Crippen LogP contribution in [0.15, 0.2) is 12.1 Å². The lowest BCUT2D eigenvalue weighted by molar-refractivity contribution is 0.0641. The van der Waals surface area contributed by atoms with E-state index in [1.807, 2.05) is 20.8 Å². The lowest BCUT2D eigenvalue weighted by Crippen LogP contribution is -2.38. The lowest BCUT2D eigenvalue weighted by atomic mass is 9.61. The van der Waals surface area contributed by atoms with Gasteiger partial charge in [0.1, 0.15) is 0 Å². The summed E-state index contributed by atoms with van der Waals surface area (Å²) >= 11 is 0. The monoisotopic (exact) mass is 378 g/mol. The van der Waals surface area contributed by atoms with Crippen molar-refractivity contribution in [3.63, 3.8) is 0 Å². The van der Waals surface area contributed by atoms with Crippen molar-refractivity contribution in [3.8, 4) is 0 Å². The van der Waals surface area contributed by atoms with E-state index in [9.17, 15) is 29.7 Å². The fourth-order valence-corrected chi connectivity index (χ4v) is 4.41. The third-order valence-corrected chi connectivity index (χ3v) is 5.82. The van der Waals surface area contributed by atoms with Crippen LogP contribution in [0, 0.1) is 5.92 Å². The third kappa shape index (κ3) is 4.31. The average Bonchev–Trinajstić information content (AvgIpc) is 2.64. The summed E-state index contributed by atoms with van der Waals surface area (Å²) < 4.78 is 0. The van der Waals surface area contributed by atoms with Gasteiger partial charge in [0.15, 0.2) is 0 Å². The second kappa shape index (κ2) is 9.53. The van der Waals surface area contributed by atoms with E-state index < -0.39 is 23.3 Å². The van der Waals surface area contributed by atoms with Gasteiger partial charge in [0.05, 0.1) is 16.7 Å². The van der Waals surface area contributed by atoms with Crippen LogP contribution in [0.5, 0.6) is 0 Å². The van der Waals surface area contributed by atoms with Gasteiger partial charge in [-0.15, -0.1) is 0 Å². The van der Waals surface area contributed by atoms with Crippen molar-refractivity contribution < 1.29 is 29.7 Å². The van der Waals surface area contributed by atoms with Crippen molar-refractivity contribution in [2.75, 3.05) is 0 Å². The highest BCUT2D eigenvalue weighted by Gasteiger charge is 2.43. The molecule has 27 heavy (non-hydrogen) atoms. The molecule has 6 nitrogen and oxygen atoms in total. The van der Waals surface area contributed by atoms with E-state index in [0.29, 0.717) is 12.8 Å². The zero-order chi connectivity index (χ0) is 20.8. The Morgan fingerprint density at radius 2 is 1.41 bits per heavy atom. The molecule has 0 aliphatic rings. The number of carboxylic acids is 3. The van der Waals surface area contributed by atoms with Crippen molar-refractivity contribution >= 4 is 17.9 Å². The summed E-state index contributed by atoms with van der Waals surface area (Å²) in [6, 6.07) is 2.32. The Bertz CT molecular complexity index is 703. The number of aromatic carboxylic acids is 3. The maximum absolute atomic E-state index is 12.1. The molecule has 1 rings (SSSR count). The first-order valence-corrected chi connectivity index (χ1v) is 9.58. The smallest absolute Gasteiger partial charge is 0.336 e. The van der Waals surface area contributed by atoms with E-state index in [2.05, 4.69) is 6.92 Å². The first-order chi connectivity index (χ1) is 12.7. The Hall–Kier alpha value is -2.37. The van der Waals surface area contributed by atoms with E-state index in [1.165, 1.54) is 6.07 Å². The maximum Gasteiger partial charge on any atom is 0.336 e. The van der Waals surface area contributed by atoms with Gasteiger partial charge in [-0.25, -0.2) is 14.4 Å². The highest BCUT2D eigenvalue weighted by atomic mass is 16.4. The van der Waals surface area contributed by atoms with Crippen LogP contribution in [0.3, 0.4) is 0 Å². The van der Waals surface area contributed by atoms with E-state index in [-0.39, 0.29) is 28.2 Å². The molecule has 0 spiro atoms. The van der Waals surface area contributed by atoms with Gasteiger partial charge in [0, 0.05) is 0 Å². The summed E-state index contributed by atoms with van der Waals surface area (Å²) in [6.45, 7) is 7.93. The van der Waals surface area contributed by atoms with Gasteiger partial charge in [-0.05, 0) is 48.3 Å². The number of rotatable bonds is 11. The van der Waals surface area contributed by atoms with Crippen molar-refractivity contribution in [3.05, 3.63) is 34.4 Å². The minimum Gasteiger partial charge on any atom is -0.478 e. The molecule has 1 atom stereocenters. The molecule has 0 aromatic heterocycles. The van der Waals surface area contributed by atoms with Crippen molar-refractivity contribution in [1.29, 1.82) is 0 Å². The van der Waals surface area contributed by atoms with Crippen LogP contribution in [0.4, 0.5) is 0 Å². The van der Waals surface area contributed by atoms with Crippen LogP contribution < -0.4 is 0 Å². The minimum absolute atomic E-state index is 0.0627. The molecule has 1 aromatic rings. The maximum atomic E-state index is 12.1. The predicted molar refractivity (Wildman–Crippen MR) is 103 cm³/mol. The van der Waals surface area contributed by atoms with Gasteiger partial charge in [0.25, 0.3) is 0 Å². The quantitative estimate of drug-likeness (QED) is 0.496. The normalized spacial score (nSPS) is 12.6. The van der Waals surface area contributed by atoms with Crippen molar-refractivity contribution in [2.45, 2.75) is 71.6 Å². The summed E-state index contributed by atoms with van der Waals surface area (Å²) in [5.41, 5.74) is -1.41. The molecule has 0 heterocycles. The molecule has 0 fully saturated rings. The fraction of sp³-hybridized carbons (Fsp3) is 0.571. The Morgan fingerprint density at radius 3 is 1.78 bits per heavy atom. The lowest BCUT2D eigenvalue weighted by Gasteiger charge is -2.42. The molecule has 1 unspecified atom stereocenters. The largest absolute Gasteiger partial charge is 0.478 e. The Labute approximate surface area is 160 Å². The summed E-state index contributed by atoms with van der Waals surface area (Å²) in [7, 11) is 0. The molecule has 6 heteroatoms. The number of hydrogen-bond acceptors (Lipinski definition) is 3. The molecule has 0 saturated carbocycles. The Morgan fingerprint density at radius 1 is 0.889 bits per heavy atom. The number of hydrogen-bond donors (Lipinski definition) is 3. The van der Waals surface area contributed by atoms with Crippen LogP contribution in [-0.4, -0.2) is 33.2 Å². The predicted octanol–water partition coefficient (Wildman–Crippen LogP) is 5.06. The van der Waals surface area contributed by atoms with Gasteiger partial charge < -0.3 is 15.3 Å². The van der Waals surface area contributed by atoms with E-state index in [4.69, 9.17) is 0 Å². The molecule has 150 valence electrons. The number of carbonyl (C=O) groups is 3. The minimum atomic E-state index is -1.40. The molecule has 0 aliphatic carbocycles. The summed E-state index contributed by atoms with van der Waals surface area (Å²) in [5.74, 6) is -3.94. The molecule has 0 aliphatic heterocycles. The highest BCUT2D eigenvalue weighted by Crippen LogP contribution is 2.46. The van der Waals surface area contributed by atoms with Gasteiger partial charge in [0.2, 0.25) is 0 Å². The van der Waals surface area contributed by atoms with Crippen molar-refractivity contribution in [1.82, 2.24) is 0 Å². The zero-order valence-electron chi connectivity index (χ0n) is 16.5. The number of unbranched alkanes of at least 4 members (excludes halogenated alkanes) is 1. The van der Waals surface area contributed by atoms with Gasteiger partial charge >= 0.3 is 17.9 Å². The SMILES string of the molecule is CCCCC(CC)C(CC)(CC)c1c(C(=O)O)ccc(C(=O)O)c1C(=O)O. The third-order valence-electron chi connectivity index (χ3n) is 5.82. The van der Waals surface area contributed by atoms with Crippen molar-refractivity contribution in [2.24, 2.45) is 5.92 Å². The molecule has 3 N–H and O–H groups in total. The first kappa shape index (κ1) is 22.7. The van der Waals surface area contributed by atoms with Crippen LogP contribution >= 0.6 is 0 Å². The molecule has 1 aromatic carbocycles. The molecule has 0 saturated heterocycles. The first-order valence-electron chi connectivity index (χ1n) is 9.58. The van der Waals surface area contributed by atoms with Crippen LogP contribution in [0.25, 0.3) is 0 Å². The van der Waals surface area contributed by atoms with E-state index in [1.54, 1.807) is 0 Å². The Balaban J connectivity index is 3.99. The van der Waals surface area contributed by atoms with Crippen LogP contribution in [0.2, 0.25) is 0 Å². The summed E-state index contributed by atoms with van der Waals surface area (Å²) in [4.78, 5) is 35.7.